The van der Waals surface area contributed by atoms with Crippen LogP contribution in [0, 0.1) is 0 Å². The number of nitrogens with zero attached hydrogens (tertiary/aromatic N) is 4. The molecule has 6 heteroatoms. The highest BCUT2D eigenvalue weighted by Gasteiger charge is 2.26. The SMILES string of the molecule is O=C(c1nn(-c2ccccc2)c2ccccc12)N1CCN(c2cccc(Cl)c2)CC1. The van der Waals surface area contributed by atoms with Gasteiger partial charge in [0.05, 0.1) is 11.2 Å². The number of amides is 1. The Bertz CT molecular complexity index is 1200. The third-order valence-corrected chi connectivity index (χ3v) is 5.77. The number of benzene rings is 3. The smallest absolute Gasteiger partial charge is 0.275 e. The van der Waals surface area contributed by atoms with Crippen molar-refractivity contribution >= 4 is 34.1 Å². The molecule has 0 aliphatic carbocycles. The van der Waals surface area contributed by atoms with E-state index in [0.717, 1.165) is 40.4 Å². The predicted octanol–water partition coefficient (Wildman–Crippen LogP) is 4.64. The van der Waals surface area contributed by atoms with Gasteiger partial charge in [-0.3, -0.25) is 4.79 Å². The molecule has 150 valence electrons. The number of fused-ring (bicyclic) bond motifs is 1. The van der Waals surface area contributed by atoms with Gasteiger partial charge in [-0.15, -0.1) is 0 Å². The van der Waals surface area contributed by atoms with Crippen molar-refractivity contribution < 1.29 is 4.79 Å². The number of para-hydroxylation sites is 2. The quantitative estimate of drug-likeness (QED) is 0.488. The molecule has 1 amide bonds. The largest absolute Gasteiger partial charge is 0.368 e. The van der Waals surface area contributed by atoms with E-state index in [2.05, 4.69) is 11.0 Å². The number of anilines is 1. The Morgan fingerprint density at radius 1 is 0.800 bits per heavy atom. The average molecular weight is 417 g/mol. The molecule has 1 fully saturated rings. The number of piperazine rings is 1. The second kappa shape index (κ2) is 7.84. The second-order valence-corrected chi connectivity index (χ2v) is 7.81. The van der Waals surface area contributed by atoms with Gasteiger partial charge in [0.2, 0.25) is 0 Å². The molecule has 5 nitrogen and oxygen atoms in total. The van der Waals surface area contributed by atoms with Gasteiger partial charge in [0.25, 0.3) is 5.91 Å². The maximum absolute atomic E-state index is 13.4. The highest BCUT2D eigenvalue weighted by molar-refractivity contribution is 6.30. The predicted molar refractivity (Wildman–Crippen MR) is 121 cm³/mol. The normalized spacial score (nSPS) is 14.3. The highest BCUT2D eigenvalue weighted by atomic mass is 35.5. The molecule has 0 atom stereocenters. The standard InChI is InChI=1S/C24H21ClN4O/c25-18-7-6-10-20(17-18)27-13-15-28(16-14-27)24(30)23-21-11-4-5-12-22(21)29(26-23)19-8-2-1-3-9-19/h1-12,17H,13-16H2. The third-order valence-electron chi connectivity index (χ3n) is 5.53. The number of aromatic nitrogens is 2. The molecule has 1 aliphatic rings. The average Bonchev–Trinajstić information content (AvgIpc) is 3.19. The number of rotatable bonds is 3. The molecular formula is C24H21ClN4O. The molecular weight excluding hydrogens is 396 g/mol. The Hall–Kier alpha value is -3.31. The molecule has 3 aromatic carbocycles. The minimum absolute atomic E-state index is 0.0216. The Morgan fingerprint density at radius 3 is 2.27 bits per heavy atom. The van der Waals surface area contributed by atoms with Crippen LogP contribution in [-0.2, 0) is 0 Å². The zero-order valence-electron chi connectivity index (χ0n) is 16.4. The first-order valence-corrected chi connectivity index (χ1v) is 10.4. The minimum atomic E-state index is -0.0216. The highest BCUT2D eigenvalue weighted by Crippen LogP contribution is 2.25. The lowest BCUT2D eigenvalue weighted by atomic mass is 10.1. The van der Waals surface area contributed by atoms with E-state index in [0.29, 0.717) is 18.8 Å². The minimum Gasteiger partial charge on any atom is -0.368 e. The van der Waals surface area contributed by atoms with Crippen LogP contribution in [0.15, 0.2) is 78.9 Å². The molecule has 1 aliphatic heterocycles. The van der Waals surface area contributed by atoms with Crippen molar-refractivity contribution in [2.45, 2.75) is 0 Å². The Morgan fingerprint density at radius 2 is 1.50 bits per heavy atom. The fourth-order valence-corrected chi connectivity index (χ4v) is 4.17. The molecule has 0 bridgehead atoms. The van der Waals surface area contributed by atoms with Gasteiger partial charge in [0.1, 0.15) is 0 Å². The first-order valence-electron chi connectivity index (χ1n) is 10.0. The summed E-state index contributed by atoms with van der Waals surface area (Å²) in [6, 6.07) is 25.7. The maximum Gasteiger partial charge on any atom is 0.275 e. The van der Waals surface area contributed by atoms with Crippen molar-refractivity contribution in [2.75, 3.05) is 31.1 Å². The van der Waals surface area contributed by atoms with Crippen LogP contribution in [0.4, 0.5) is 5.69 Å². The van der Waals surface area contributed by atoms with Gasteiger partial charge in [0.15, 0.2) is 5.69 Å². The summed E-state index contributed by atoms with van der Waals surface area (Å²) in [5.74, 6) is -0.0216. The number of halogens is 1. The van der Waals surface area contributed by atoms with Crippen LogP contribution in [0.5, 0.6) is 0 Å². The van der Waals surface area contributed by atoms with Gasteiger partial charge in [0, 0.05) is 42.3 Å². The van der Waals surface area contributed by atoms with E-state index in [1.807, 2.05) is 82.4 Å². The van der Waals surface area contributed by atoms with E-state index >= 15 is 0 Å². The molecule has 5 rings (SSSR count). The first-order chi connectivity index (χ1) is 14.7. The van der Waals surface area contributed by atoms with Crippen molar-refractivity contribution in [1.82, 2.24) is 14.7 Å². The van der Waals surface area contributed by atoms with Crippen molar-refractivity contribution in [2.24, 2.45) is 0 Å². The second-order valence-electron chi connectivity index (χ2n) is 7.37. The van der Waals surface area contributed by atoms with Crippen molar-refractivity contribution in [3.05, 3.63) is 89.6 Å². The molecule has 2 heterocycles. The summed E-state index contributed by atoms with van der Waals surface area (Å²) < 4.78 is 1.85. The number of carbonyl (C=O) groups excluding carboxylic acids is 1. The monoisotopic (exact) mass is 416 g/mol. The van der Waals surface area contributed by atoms with Crippen molar-refractivity contribution in [3.63, 3.8) is 0 Å². The topological polar surface area (TPSA) is 41.4 Å². The molecule has 1 saturated heterocycles. The first kappa shape index (κ1) is 18.7. The van der Waals surface area contributed by atoms with Gasteiger partial charge in [-0.25, -0.2) is 4.68 Å². The van der Waals surface area contributed by atoms with Gasteiger partial charge in [-0.05, 0) is 36.4 Å². The van der Waals surface area contributed by atoms with Gasteiger partial charge in [-0.2, -0.15) is 5.10 Å². The molecule has 30 heavy (non-hydrogen) atoms. The van der Waals surface area contributed by atoms with Crippen LogP contribution < -0.4 is 4.90 Å². The van der Waals surface area contributed by atoms with E-state index in [9.17, 15) is 4.79 Å². The zero-order chi connectivity index (χ0) is 20.5. The summed E-state index contributed by atoms with van der Waals surface area (Å²) in [4.78, 5) is 17.5. The van der Waals surface area contributed by atoms with Crippen LogP contribution >= 0.6 is 11.6 Å². The van der Waals surface area contributed by atoms with E-state index in [1.165, 1.54) is 0 Å². The fourth-order valence-electron chi connectivity index (χ4n) is 3.98. The summed E-state index contributed by atoms with van der Waals surface area (Å²) in [6.07, 6.45) is 0. The lowest BCUT2D eigenvalue weighted by Gasteiger charge is -2.36. The summed E-state index contributed by atoms with van der Waals surface area (Å²) in [5, 5.41) is 6.32. The van der Waals surface area contributed by atoms with Crippen LogP contribution in [0.2, 0.25) is 5.02 Å². The Balaban J connectivity index is 1.41. The van der Waals surface area contributed by atoms with Crippen LogP contribution in [0.25, 0.3) is 16.6 Å². The van der Waals surface area contributed by atoms with Crippen molar-refractivity contribution in [1.29, 1.82) is 0 Å². The molecule has 0 radical (unpaired) electrons. The Kier molecular flexibility index (Phi) is 4.89. The number of carbonyl (C=O) groups is 1. The maximum atomic E-state index is 13.4. The fraction of sp³-hybridized carbons (Fsp3) is 0.167. The molecule has 4 aromatic rings. The van der Waals surface area contributed by atoms with Crippen LogP contribution in [0.1, 0.15) is 10.5 Å². The molecule has 0 unspecified atom stereocenters. The van der Waals surface area contributed by atoms with E-state index in [-0.39, 0.29) is 5.91 Å². The van der Waals surface area contributed by atoms with Crippen LogP contribution in [0.3, 0.4) is 0 Å². The molecule has 0 spiro atoms. The van der Waals surface area contributed by atoms with Crippen LogP contribution in [-0.4, -0.2) is 46.8 Å². The lowest BCUT2D eigenvalue weighted by molar-refractivity contribution is 0.0742. The zero-order valence-corrected chi connectivity index (χ0v) is 17.2. The number of hydrogen-bond acceptors (Lipinski definition) is 3. The van der Waals surface area contributed by atoms with E-state index < -0.39 is 0 Å². The summed E-state index contributed by atoms with van der Waals surface area (Å²) in [5.41, 5.74) is 3.47. The summed E-state index contributed by atoms with van der Waals surface area (Å²) in [6.45, 7) is 2.84. The van der Waals surface area contributed by atoms with E-state index in [1.54, 1.807) is 0 Å². The van der Waals surface area contributed by atoms with Gasteiger partial charge >= 0.3 is 0 Å². The lowest BCUT2D eigenvalue weighted by Crippen LogP contribution is -2.49. The Labute approximate surface area is 180 Å². The summed E-state index contributed by atoms with van der Waals surface area (Å²) >= 11 is 6.13. The van der Waals surface area contributed by atoms with Crippen molar-refractivity contribution in [3.8, 4) is 5.69 Å². The summed E-state index contributed by atoms with van der Waals surface area (Å²) in [7, 11) is 0. The molecule has 0 saturated carbocycles. The van der Waals surface area contributed by atoms with Gasteiger partial charge < -0.3 is 9.80 Å². The molecule has 0 N–H and O–H groups in total. The van der Waals surface area contributed by atoms with E-state index in [4.69, 9.17) is 16.7 Å². The third kappa shape index (κ3) is 3.42. The number of hydrogen-bond donors (Lipinski definition) is 0. The van der Waals surface area contributed by atoms with Gasteiger partial charge in [-0.1, -0.05) is 54.1 Å². The molecule has 1 aromatic heterocycles.